The highest BCUT2D eigenvalue weighted by Crippen LogP contribution is 2.06. The predicted molar refractivity (Wildman–Crippen MR) is 52.5 cm³/mol. The fourth-order valence-electron chi connectivity index (χ4n) is 0.819. The Morgan fingerprint density at radius 3 is 3.08 bits per heavy atom. The fourth-order valence-corrected chi connectivity index (χ4v) is 0.886. The first-order valence-corrected chi connectivity index (χ1v) is 4.06. The van der Waals surface area contributed by atoms with E-state index in [4.69, 9.17) is 11.6 Å². The molecule has 0 aliphatic heterocycles. The second kappa shape index (κ2) is 4.12. The van der Waals surface area contributed by atoms with Crippen LogP contribution in [0.4, 0.5) is 5.82 Å². The number of hydrogen-bond acceptors (Lipinski definition) is 2. The number of aromatic nitrogens is 1. The van der Waals surface area contributed by atoms with E-state index >= 15 is 0 Å². The zero-order valence-electron chi connectivity index (χ0n) is 6.97. The summed E-state index contributed by atoms with van der Waals surface area (Å²) in [5.74, 6) is 0.830. The second-order valence-corrected chi connectivity index (χ2v) is 3.12. The Balaban J connectivity index is 2.57. The number of rotatable bonds is 3. The average molecular weight is 183 g/mol. The minimum absolute atomic E-state index is 0.554. The Morgan fingerprint density at radius 2 is 2.50 bits per heavy atom. The number of halogens is 1. The number of nitrogens with zero attached hydrogens (tertiary/aromatic N) is 1. The van der Waals surface area contributed by atoms with Crippen molar-refractivity contribution in [2.45, 2.75) is 6.92 Å². The number of pyridine rings is 1. The molecule has 0 atom stereocenters. The summed E-state index contributed by atoms with van der Waals surface area (Å²) in [6.07, 6.45) is 1.76. The number of anilines is 1. The summed E-state index contributed by atoms with van der Waals surface area (Å²) < 4.78 is 0. The van der Waals surface area contributed by atoms with Crippen molar-refractivity contribution in [3.8, 4) is 0 Å². The first-order chi connectivity index (χ1) is 5.68. The van der Waals surface area contributed by atoms with Crippen molar-refractivity contribution in [1.29, 1.82) is 0 Å². The van der Waals surface area contributed by atoms with Gasteiger partial charge < -0.3 is 5.32 Å². The van der Waals surface area contributed by atoms with Crippen LogP contribution in [0.2, 0.25) is 0 Å². The van der Waals surface area contributed by atoms with Crippen molar-refractivity contribution < 1.29 is 0 Å². The van der Waals surface area contributed by atoms with Gasteiger partial charge >= 0.3 is 0 Å². The van der Waals surface area contributed by atoms with Crippen molar-refractivity contribution in [3.63, 3.8) is 0 Å². The van der Waals surface area contributed by atoms with E-state index in [9.17, 15) is 0 Å². The van der Waals surface area contributed by atoms with Crippen molar-refractivity contribution in [1.82, 2.24) is 4.98 Å². The summed E-state index contributed by atoms with van der Waals surface area (Å²) in [4.78, 5) is 4.10. The summed E-state index contributed by atoms with van der Waals surface area (Å²) >= 11 is 5.58. The Hall–Kier alpha value is -1.02. The molecule has 0 aliphatic carbocycles. The van der Waals surface area contributed by atoms with Gasteiger partial charge in [-0.1, -0.05) is 18.2 Å². The van der Waals surface area contributed by atoms with E-state index in [2.05, 4.69) is 16.9 Å². The molecule has 0 spiro atoms. The van der Waals surface area contributed by atoms with Crippen molar-refractivity contribution in [3.05, 3.63) is 35.5 Å². The zero-order valence-corrected chi connectivity index (χ0v) is 7.73. The van der Waals surface area contributed by atoms with Crippen LogP contribution in [0.15, 0.2) is 29.9 Å². The Kier molecular flexibility index (Phi) is 3.11. The molecule has 0 unspecified atom stereocenters. The highest BCUT2D eigenvalue weighted by atomic mass is 35.5. The largest absolute Gasteiger partial charge is 0.365 e. The number of hydrogen-bond donors (Lipinski definition) is 1. The van der Waals surface area contributed by atoms with Crippen LogP contribution >= 0.6 is 11.6 Å². The Bertz CT molecular complexity index is 284. The van der Waals surface area contributed by atoms with Gasteiger partial charge in [0.15, 0.2) is 0 Å². The summed E-state index contributed by atoms with van der Waals surface area (Å²) in [6.45, 7) is 6.14. The molecule has 3 heteroatoms. The van der Waals surface area contributed by atoms with Crippen LogP contribution in [-0.2, 0) is 0 Å². The number of nitrogens with one attached hydrogen (secondary N) is 1. The molecule has 0 saturated heterocycles. The summed E-state index contributed by atoms with van der Waals surface area (Å²) in [5.41, 5.74) is 1.17. The molecule has 0 fully saturated rings. The average Bonchev–Trinajstić information content (AvgIpc) is 2.01. The van der Waals surface area contributed by atoms with Crippen LogP contribution in [0.5, 0.6) is 0 Å². The van der Waals surface area contributed by atoms with E-state index in [0.29, 0.717) is 11.6 Å². The quantitative estimate of drug-likeness (QED) is 0.777. The third-order valence-electron chi connectivity index (χ3n) is 1.38. The maximum absolute atomic E-state index is 5.58. The van der Waals surface area contributed by atoms with Crippen molar-refractivity contribution >= 4 is 17.4 Å². The van der Waals surface area contributed by atoms with Gasteiger partial charge in [-0.3, -0.25) is 0 Å². The van der Waals surface area contributed by atoms with Crippen molar-refractivity contribution in [2.24, 2.45) is 0 Å². The SMILES string of the molecule is C=C(Cl)CNc1cc(C)ccn1. The van der Waals surface area contributed by atoms with Gasteiger partial charge in [0.05, 0.1) is 6.54 Å². The first-order valence-electron chi connectivity index (χ1n) is 3.68. The second-order valence-electron chi connectivity index (χ2n) is 2.59. The summed E-state index contributed by atoms with van der Waals surface area (Å²) in [5, 5.41) is 3.62. The van der Waals surface area contributed by atoms with Crippen LogP contribution in [0.3, 0.4) is 0 Å². The van der Waals surface area contributed by atoms with E-state index in [1.807, 2.05) is 19.1 Å². The molecule has 0 radical (unpaired) electrons. The third-order valence-corrected chi connectivity index (χ3v) is 1.51. The van der Waals surface area contributed by atoms with Crippen LogP contribution in [0.1, 0.15) is 5.56 Å². The topological polar surface area (TPSA) is 24.9 Å². The monoisotopic (exact) mass is 182 g/mol. The standard InChI is InChI=1S/C9H11ClN2/c1-7-3-4-11-9(5-7)12-6-8(2)10/h3-5H,2,6H2,1H3,(H,11,12). The van der Waals surface area contributed by atoms with E-state index in [1.54, 1.807) is 6.20 Å². The lowest BCUT2D eigenvalue weighted by Gasteiger charge is -2.03. The lowest BCUT2D eigenvalue weighted by atomic mass is 10.3. The van der Waals surface area contributed by atoms with Crippen LogP contribution in [-0.4, -0.2) is 11.5 Å². The summed E-state index contributed by atoms with van der Waals surface area (Å²) in [7, 11) is 0. The van der Waals surface area contributed by atoms with Gasteiger partial charge in [0.1, 0.15) is 5.82 Å². The molecule has 2 nitrogen and oxygen atoms in total. The lowest BCUT2D eigenvalue weighted by Crippen LogP contribution is -2.02. The number of aryl methyl sites for hydroxylation is 1. The van der Waals surface area contributed by atoms with Gasteiger partial charge in [0, 0.05) is 11.2 Å². The summed E-state index contributed by atoms with van der Waals surface area (Å²) in [6, 6.07) is 3.90. The Morgan fingerprint density at radius 1 is 1.75 bits per heavy atom. The molecule has 0 aliphatic rings. The van der Waals surface area contributed by atoms with Gasteiger partial charge in [0.2, 0.25) is 0 Å². The fraction of sp³-hybridized carbons (Fsp3) is 0.222. The maximum atomic E-state index is 5.58. The molecule has 1 N–H and O–H groups in total. The zero-order chi connectivity index (χ0) is 8.97. The van der Waals surface area contributed by atoms with Gasteiger partial charge in [-0.15, -0.1) is 0 Å². The minimum Gasteiger partial charge on any atom is -0.365 e. The molecule has 0 saturated carbocycles. The van der Waals surface area contributed by atoms with E-state index in [-0.39, 0.29) is 0 Å². The normalized spacial score (nSPS) is 9.50. The highest BCUT2D eigenvalue weighted by Gasteiger charge is 1.92. The minimum atomic E-state index is 0.554. The molecule has 64 valence electrons. The molecule has 1 rings (SSSR count). The van der Waals surface area contributed by atoms with E-state index in [1.165, 1.54) is 5.56 Å². The first kappa shape index (κ1) is 9.07. The predicted octanol–water partition coefficient (Wildman–Crippen LogP) is 2.55. The molecular formula is C9H11ClN2. The molecule has 0 amide bonds. The van der Waals surface area contributed by atoms with Crippen LogP contribution in [0.25, 0.3) is 0 Å². The molecular weight excluding hydrogens is 172 g/mol. The Labute approximate surface area is 77.3 Å². The van der Waals surface area contributed by atoms with E-state index < -0.39 is 0 Å². The third kappa shape index (κ3) is 2.93. The van der Waals surface area contributed by atoms with Gasteiger partial charge in [-0.05, 0) is 24.6 Å². The molecule has 0 bridgehead atoms. The van der Waals surface area contributed by atoms with Gasteiger partial charge in [0.25, 0.3) is 0 Å². The maximum Gasteiger partial charge on any atom is 0.126 e. The lowest BCUT2D eigenvalue weighted by molar-refractivity contribution is 1.20. The molecule has 1 aromatic rings. The van der Waals surface area contributed by atoms with Gasteiger partial charge in [-0.2, -0.15) is 0 Å². The highest BCUT2D eigenvalue weighted by molar-refractivity contribution is 6.29. The van der Waals surface area contributed by atoms with Crippen LogP contribution in [0, 0.1) is 6.92 Å². The molecule has 1 heterocycles. The van der Waals surface area contributed by atoms with Crippen molar-refractivity contribution in [2.75, 3.05) is 11.9 Å². The van der Waals surface area contributed by atoms with Gasteiger partial charge in [-0.25, -0.2) is 4.98 Å². The van der Waals surface area contributed by atoms with Crippen LogP contribution < -0.4 is 5.32 Å². The molecule has 1 aromatic heterocycles. The smallest absolute Gasteiger partial charge is 0.126 e. The van der Waals surface area contributed by atoms with E-state index in [0.717, 1.165) is 5.82 Å². The molecule has 12 heavy (non-hydrogen) atoms. The molecule has 0 aromatic carbocycles.